The van der Waals surface area contributed by atoms with Crippen molar-refractivity contribution < 1.29 is 0 Å². The van der Waals surface area contributed by atoms with E-state index in [1.165, 1.54) is 27.5 Å². The van der Waals surface area contributed by atoms with E-state index in [1.54, 1.807) is 12.7 Å². The highest BCUT2D eigenvalue weighted by Gasteiger charge is 2.11. The number of halogens is 1. The van der Waals surface area contributed by atoms with E-state index in [9.17, 15) is 0 Å². The molecule has 0 spiro atoms. The summed E-state index contributed by atoms with van der Waals surface area (Å²) in [5.74, 6) is 0. The number of hydrogen-bond acceptors (Lipinski definition) is 3. The summed E-state index contributed by atoms with van der Waals surface area (Å²) in [5.41, 5.74) is 3.74. The van der Waals surface area contributed by atoms with E-state index in [2.05, 4.69) is 76.1 Å². The van der Waals surface area contributed by atoms with Gasteiger partial charge in [0.1, 0.15) is 12.7 Å². The fourth-order valence-corrected chi connectivity index (χ4v) is 4.28. The minimum Gasteiger partial charge on any atom is -0.309 e. The average Bonchev–Trinajstić information content (AvgIpc) is 3.30. The highest BCUT2D eigenvalue weighted by atomic mass is 35.5. The lowest BCUT2D eigenvalue weighted by Gasteiger charge is -2.14. The van der Waals surface area contributed by atoms with Gasteiger partial charge in [0, 0.05) is 23.9 Å². The first kappa shape index (κ1) is 18.8. The predicted octanol–water partition coefficient (Wildman–Crippen LogP) is 5.58. The number of rotatable bonds is 6. The number of aromatic nitrogens is 3. The van der Waals surface area contributed by atoms with Crippen molar-refractivity contribution in [2.45, 2.75) is 19.6 Å². The normalized spacial score (nSPS) is 11.4. The van der Waals surface area contributed by atoms with E-state index < -0.39 is 0 Å². The Balaban J connectivity index is 1.35. The van der Waals surface area contributed by atoms with Crippen LogP contribution in [0.3, 0.4) is 0 Å². The van der Waals surface area contributed by atoms with Crippen LogP contribution in [0.1, 0.15) is 16.7 Å². The second-order valence-electron chi connectivity index (χ2n) is 7.40. The summed E-state index contributed by atoms with van der Waals surface area (Å²) >= 11 is 6.71. The van der Waals surface area contributed by atoms with Crippen molar-refractivity contribution in [2.24, 2.45) is 0 Å². The zero-order valence-electron chi connectivity index (χ0n) is 16.4. The quantitative estimate of drug-likeness (QED) is 0.370. The van der Waals surface area contributed by atoms with Gasteiger partial charge in [-0.1, -0.05) is 84.4 Å². The molecule has 5 aromatic rings. The Hall–Kier alpha value is -3.21. The van der Waals surface area contributed by atoms with Crippen LogP contribution in [0.25, 0.3) is 21.5 Å². The number of hydrogen-bond donors (Lipinski definition) is 1. The minimum atomic E-state index is 0.733. The molecule has 1 aromatic heterocycles. The van der Waals surface area contributed by atoms with Crippen LogP contribution < -0.4 is 5.32 Å². The molecule has 0 aliphatic rings. The average molecular weight is 413 g/mol. The molecule has 5 heteroatoms. The van der Waals surface area contributed by atoms with Gasteiger partial charge in [0.05, 0.1) is 11.6 Å². The Bertz CT molecular complexity index is 1240. The Kier molecular flexibility index (Phi) is 5.18. The Morgan fingerprint density at radius 1 is 0.733 bits per heavy atom. The molecule has 0 amide bonds. The van der Waals surface area contributed by atoms with Crippen molar-refractivity contribution in [3.05, 3.63) is 107 Å². The first-order valence-corrected chi connectivity index (χ1v) is 10.4. The third-order valence-electron chi connectivity index (χ3n) is 5.44. The van der Waals surface area contributed by atoms with E-state index in [0.29, 0.717) is 0 Å². The van der Waals surface area contributed by atoms with Crippen LogP contribution in [0.2, 0.25) is 5.02 Å². The topological polar surface area (TPSA) is 42.7 Å². The first-order chi connectivity index (χ1) is 14.8. The molecule has 30 heavy (non-hydrogen) atoms. The first-order valence-electron chi connectivity index (χ1n) is 9.98. The lowest BCUT2D eigenvalue weighted by Crippen LogP contribution is -2.13. The molecule has 0 saturated carbocycles. The van der Waals surface area contributed by atoms with Gasteiger partial charge in [-0.3, -0.25) is 0 Å². The van der Waals surface area contributed by atoms with Gasteiger partial charge >= 0.3 is 0 Å². The van der Waals surface area contributed by atoms with E-state index in [1.807, 2.05) is 16.8 Å². The highest BCUT2D eigenvalue weighted by Crippen LogP contribution is 2.36. The summed E-state index contributed by atoms with van der Waals surface area (Å²) in [4.78, 5) is 3.99. The zero-order chi connectivity index (χ0) is 20.3. The second kappa shape index (κ2) is 8.27. The van der Waals surface area contributed by atoms with Crippen molar-refractivity contribution >= 4 is 33.1 Å². The highest BCUT2D eigenvalue weighted by molar-refractivity contribution is 6.41. The van der Waals surface area contributed by atoms with Crippen LogP contribution >= 0.6 is 11.6 Å². The molecule has 0 radical (unpaired) electrons. The van der Waals surface area contributed by atoms with Crippen LogP contribution in [0.4, 0.5) is 0 Å². The number of nitrogens with zero attached hydrogens (tertiary/aromatic N) is 3. The summed E-state index contributed by atoms with van der Waals surface area (Å²) in [7, 11) is 0. The lowest BCUT2D eigenvalue weighted by molar-refractivity contribution is 0.681. The molecule has 148 valence electrons. The van der Waals surface area contributed by atoms with E-state index in [4.69, 9.17) is 11.6 Å². The molecular formula is C25H21ClN4. The van der Waals surface area contributed by atoms with Crippen LogP contribution in [-0.4, -0.2) is 14.8 Å². The van der Waals surface area contributed by atoms with Crippen molar-refractivity contribution in [3.8, 4) is 0 Å². The van der Waals surface area contributed by atoms with Crippen molar-refractivity contribution in [1.29, 1.82) is 0 Å². The molecule has 0 bridgehead atoms. The molecule has 0 aliphatic carbocycles. The third-order valence-corrected chi connectivity index (χ3v) is 5.85. The molecule has 0 atom stereocenters. The fraction of sp³-hybridized carbons (Fsp3) is 0.120. The van der Waals surface area contributed by atoms with Gasteiger partial charge in [-0.2, -0.15) is 5.10 Å². The molecule has 4 nitrogen and oxygen atoms in total. The smallest absolute Gasteiger partial charge is 0.137 e. The van der Waals surface area contributed by atoms with Gasteiger partial charge in [-0.15, -0.1) is 0 Å². The third kappa shape index (κ3) is 3.67. The van der Waals surface area contributed by atoms with Crippen LogP contribution in [-0.2, 0) is 19.6 Å². The van der Waals surface area contributed by atoms with Crippen molar-refractivity contribution in [1.82, 2.24) is 20.1 Å². The lowest BCUT2D eigenvalue weighted by atomic mass is 9.96. The summed E-state index contributed by atoms with van der Waals surface area (Å²) in [5, 5.41) is 13.2. The zero-order valence-corrected chi connectivity index (χ0v) is 17.2. The summed E-state index contributed by atoms with van der Waals surface area (Å²) in [6.45, 7) is 2.31. The summed E-state index contributed by atoms with van der Waals surface area (Å²) in [6.07, 6.45) is 3.29. The molecule has 0 aliphatic heterocycles. The Morgan fingerprint density at radius 3 is 1.93 bits per heavy atom. The molecule has 0 saturated heterocycles. The number of nitrogens with one attached hydrogen (secondary N) is 1. The maximum absolute atomic E-state index is 6.71. The SMILES string of the molecule is Clc1c2ccccc2c(CNCc2ccc(Cn3cncn3)cc2)c2ccccc12. The van der Waals surface area contributed by atoms with E-state index >= 15 is 0 Å². The molecule has 5 rings (SSSR count). The summed E-state index contributed by atoms with van der Waals surface area (Å²) in [6, 6.07) is 25.4. The minimum absolute atomic E-state index is 0.733. The largest absolute Gasteiger partial charge is 0.309 e. The van der Waals surface area contributed by atoms with Crippen molar-refractivity contribution in [3.63, 3.8) is 0 Å². The van der Waals surface area contributed by atoms with Crippen molar-refractivity contribution in [2.75, 3.05) is 0 Å². The van der Waals surface area contributed by atoms with Crippen LogP contribution in [0, 0.1) is 0 Å². The summed E-state index contributed by atoms with van der Waals surface area (Å²) < 4.78 is 1.82. The standard InChI is InChI=1S/C25H21ClN4/c26-25-22-7-3-1-5-20(22)24(21-6-2-4-8-23(21)25)14-27-13-18-9-11-19(12-10-18)15-30-17-28-16-29-30/h1-12,16-17,27H,13-15H2. The van der Waals surface area contributed by atoms with E-state index in [-0.39, 0.29) is 0 Å². The number of fused-ring (bicyclic) bond motifs is 2. The van der Waals surface area contributed by atoms with Gasteiger partial charge in [-0.05, 0) is 27.5 Å². The maximum atomic E-state index is 6.71. The van der Waals surface area contributed by atoms with Crippen LogP contribution in [0.15, 0.2) is 85.5 Å². The van der Waals surface area contributed by atoms with Gasteiger partial charge in [0.2, 0.25) is 0 Å². The molecule has 0 unspecified atom stereocenters. The predicted molar refractivity (Wildman–Crippen MR) is 123 cm³/mol. The second-order valence-corrected chi connectivity index (χ2v) is 7.77. The Morgan fingerprint density at radius 2 is 1.33 bits per heavy atom. The monoisotopic (exact) mass is 412 g/mol. The number of benzene rings is 4. The molecular weight excluding hydrogens is 392 g/mol. The van der Waals surface area contributed by atoms with Gasteiger partial charge < -0.3 is 5.32 Å². The van der Waals surface area contributed by atoms with Gasteiger partial charge in [0.25, 0.3) is 0 Å². The van der Waals surface area contributed by atoms with Crippen LogP contribution in [0.5, 0.6) is 0 Å². The fourth-order valence-electron chi connectivity index (χ4n) is 3.95. The molecule has 1 N–H and O–H groups in total. The Labute approximate surface area is 180 Å². The van der Waals surface area contributed by atoms with E-state index in [0.717, 1.165) is 35.4 Å². The maximum Gasteiger partial charge on any atom is 0.137 e. The molecule has 0 fully saturated rings. The van der Waals surface area contributed by atoms with Gasteiger partial charge in [0.15, 0.2) is 0 Å². The molecule has 1 heterocycles. The molecule has 4 aromatic carbocycles. The van der Waals surface area contributed by atoms with Gasteiger partial charge in [-0.25, -0.2) is 9.67 Å².